The van der Waals surface area contributed by atoms with E-state index in [4.69, 9.17) is 9.47 Å². The molecule has 0 radical (unpaired) electrons. The fraction of sp³-hybridized carbons (Fsp3) is 0.450. The molecule has 24 heavy (non-hydrogen) atoms. The van der Waals surface area contributed by atoms with Crippen molar-refractivity contribution in [3.63, 3.8) is 0 Å². The van der Waals surface area contributed by atoms with Gasteiger partial charge in [0.05, 0.1) is 14.2 Å². The third-order valence-corrected chi connectivity index (χ3v) is 3.65. The molecule has 1 aliphatic carbocycles. The van der Waals surface area contributed by atoms with Gasteiger partial charge in [0.2, 0.25) is 0 Å². The molecule has 0 N–H and O–H groups in total. The number of methoxy groups -OCH3 is 2. The average molecular weight is 334 g/mol. The Labute approximate surface area is 144 Å². The van der Waals surface area contributed by atoms with Crippen molar-refractivity contribution in [2.75, 3.05) is 14.2 Å². The molecule has 132 valence electrons. The Morgan fingerprint density at radius 3 is 2.50 bits per heavy atom. The summed E-state index contributed by atoms with van der Waals surface area (Å²) in [6.07, 6.45) is 9.76. The van der Waals surface area contributed by atoms with E-state index in [0.29, 0.717) is 29.1 Å². The summed E-state index contributed by atoms with van der Waals surface area (Å²) in [5.41, 5.74) is 1.88. The molecule has 0 spiro atoms. The van der Waals surface area contributed by atoms with Crippen LogP contribution in [0.15, 0.2) is 58.4 Å². The van der Waals surface area contributed by atoms with Gasteiger partial charge in [-0.05, 0) is 39.2 Å². The van der Waals surface area contributed by atoms with Crippen molar-refractivity contribution >= 4 is 5.78 Å². The summed E-state index contributed by atoms with van der Waals surface area (Å²) in [6, 6.07) is 0. The van der Waals surface area contributed by atoms with Crippen LogP contribution >= 0.6 is 0 Å². The monoisotopic (exact) mass is 334 g/mol. The fourth-order valence-electron chi connectivity index (χ4n) is 2.59. The van der Waals surface area contributed by atoms with E-state index < -0.39 is 0 Å². The predicted octanol–water partition coefficient (Wildman–Crippen LogP) is 5.33. The molecule has 0 aromatic heterocycles. The van der Waals surface area contributed by atoms with Crippen LogP contribution in [0.2, 0.25) is 0 Å². The second-order valence-electron chi connectivity index (χ2n) is 5.74. The van der Waals surface area contributed by atoms with Gasteiger partial charge in [-0.25, -0.2) is 4.39 Å². The van der Waals surface area contributed by atoms with Crippen molar-refractivity contribution in [3.05, 3.63) is 58.4 Å². The lowest BCUT2D eigenvalue weighted by atomic mass is 9.96. The number of hydrogen-bond acceptors (Lipinski definition) is 3. The zero-order valence-corrected chi connectivity index (χ0v) is 15.2. The summed E-state index contributed by atoms with van der Waals surface area (Å²) in [5.74, 6) is 0.893. The van der Waals surface area contributed by atoms with E-state index in [0.717, 1.165) is 18.4 Å². The van der Waals surface area contributed by atoms with E-state index in [2.05, 4.69) is 0 Å². The van der Waals surface area contributed by atoms with Crippen molar-refractivity contribution < 1.29 is 18.7 Å². The lowest BCUT2D eigenvalue weighted by Crippen LogP contribution is -2.04. The summed E-state index contributed by atoms with van der Waals surface area (Å²) in [6.45, 7) is 5.12. The first-order valence-electron chi connectivity index (χ1n) is 8.19. The molecule has 0 aromatic rings. The molecule has 0 saturated carbocycles. The normalized spacial score (nSPS) is 23.4. The van der Waals surface area contributed by atoms with Gasteiger partial charge < -0.3 is 9.47 Å². The van der Waals surface area contributed by atoms with Crippen LogP contribution in [0.3, 0.4) is 0 Å². The highest BCUT2D eigenvalue weighted by Crippen LogP contribution is 2.31. The molecule has 0 aromatic carbocycles. The number of ether oxygens (including phenoxy) is 2. The molecule has 0 atom stereocenters. The highest BCUT2D eigenvalue weighted by atomic mass is 19.1. The van der Waals surface area contributed by atoms with E-state index in [9.17, 15) is 9.18 Å². The van der Waals surface area contributed by atoms with Crippen LogP contribution in [0.25, 0.3) is 0 Å². The minimum Gasteiger partial charge on any atom is -0.493 e. The van der Waals surface area contributed by atoms with Gasteiger partial charge >= 0.3 is 0 Å². The minimum atomic E-state index is -0.247. The largest absolute Gasteiger partial charge is 0.493 e. The molecule has 0 amide bonds. The van der Waals surface area contributed by atoms with Gasteiger partial charge in [0, 0.05) is 17.6 Å². The van der Waals surface area contributed by atoms with Crippen molar-refractivity contribution in [1.29, 1.82) is 0 Å². The Balaban J connectivity index is 3.56. The van der Waals surface area contributed by atoms with Crippen molar-refractivity contribution in [1.82, 2.24) is 0 Å². The fourth-order valence-corrected chi connectivity index (χ4v) is 2.59. The number of halogens is 1. The Bertz CT molecular complexity index is 619. The highest BCUT2D eigenvalue weighted by Gasteiger charge is 2.18. The Morgan fingerprint density at radius 1 is 1.25 bits per heavy atom. The second-order valence-corrected chi connectivity index (χ2v) is 5.74. The van der Waals surface area contributed by atoms with Crippen LogP contribution in [-0.2, 0) is 14.3 Å². The maximum Gasteiger partial charge on any atom is 0.168 e. The molecule has 1 aliphatic rings. The lowest BCUT2D eigenvalue weighted by Gasteiger charge is -2.17. The van der Waals surface area contributed by atoms with E-state index in [1.807, 2.05) is 25.2 Å². The smallest absolute Gasteiger partial charge is 0.168 e. The number of hydrogen-bond donors (Lipinski definition) is 0. The van der Waals surface area contributed by atoms with Crippen molar-refractivity contribution in [2.24, 2.45) is 0 Å². The summed E-state index contributed by atoms with van der Waals surface area (Å²) >= 11 is 0. The van der Waals surface area contributed by atoms with Gasteiger partial charge in [-0.15, -0.1) is 0 Å². The maximum atomic E-state index is 14.6. The van der Waals surface area contributed by atoms with E-state index >= 15 is 0 Å². The van der Waals surface area contributed by atoms with Gasteiger partial charge in [0.1, 0.15) is 11.6 Å². The van der Waals surface area contributed by atoms with Crippen LogP contribution in [-0.4, -0.2) is 20.0 Å². The number of allylic oxidation sites excluding steroid dienone is 8. The molecule has 0 heterocycles. The van der Waals surface area contributed by atoms with Gasteiger partial charge in [-0.3, -0.25) is 4.79 Å². The Morgan fingerprint density at radius 2 is 1.96 bits per heavy atom. The molecular weight excluding hydrogens is 307 g/mol. The Hall–Kier alpha value is -2.10. The topological polar surface area (TPSA) is 35.5 Å². The zero-order valence-electron chi connectivity index (χ0n) is 15.2. The van der Waals surface area contributed by atoms with E-state index in [1.54, 1.807) is 27.2 Å². The maximum absolute atomic E-state index is 14.6. The predicted molar refractivity (Wildman–Crippen MR) is 95.0 cm³/mol. The molecular formula is C20H27FO3. The van der Waals surface area contributed by atoms with Gasteiger partial charge in [0.25, 0.3) is 0 Å². The number of Topliss-reactive ketones (excluding diaryl/α,β-unsaturated/α-hetero) is 1. The molecule has 0 aliphatic heterocycles. The first-order valence-corrected chi connectivity index (χ1v) is 8.19. The molecule has 0 bridgehead atoms. The molecule has 4 heteroatoms. The van der Waals surface area contributed by atoms with Gasteiger partial charge in [0.15, 0.2) is 11.5 Å². The third-order valence-electron chi connectivity index (χ3n) is 3.65. The molecule has 0 unspecified atom stereocenters. The van der Waals surface area contributed by atoms with Gasteiger partial charge in [-0.2, -0.15) is 0 Å². The summed E-state index contributed by atoms with van der Waals surface area (Å²) < 4.78 is 25.6. The number of carbonyl (C=O) groups excluding carboxylic acids is 1. The SMILES string of the molecule is CC/C(F)=C(\C=C(\C)CC(C)=O)C1=C(OC)/C(OC)=C\CC/C=C\1. The standard InChI is InChI=1S/C20H27FO3/c1-6-18(21)17(13-14(2)12-15(3)22)16-10-8-7-9-11-19(23-4)20(16)24-5/h8,10-11,13H,6-7,9,12H2,1-5H3/b10-8-,14-13-,18-17-,19-11+,20-16-. The Kier molecular flexibility index (Phi) is 8.24. The molecule has 0 fully saturated rings. The second kappa shape index (κ2) is 9.91. The first-order chi connectivity index (χ1) is 11.4. The molecule has 1 rings (SSSR count). The summed E-state index contributed by atoms with van der Waals surface area (Å²) in [7, 11) is 3.12. The summed E-state index contributed by atoms with van der Waals surface area (Å²) in [5, 5.41) is 0. The lowest BCUT2D eigenvalue weighted by molar-refractivity contribution is -0.116. The third kappa shape index (κ3) is 5.52. The van der Waals surface area contributed by atoms with Crippen LogP contribution in [0, 0.1) is 0 Å². The molecule has 0 saturated heterocycles. The molecule has 3 nitrogen and oxygen atoms in total. The number of rotatable bonds is 7. The van der Waals surface area contributed by atoms with Crippen LogP contribution in [0.4, 0.5) is 4.39 Å². The van der Waals surface area contributed by atoms with Crippen molar-refractivity contribution in [3.8, 4) is 0 Å². The average Bonchev–Trinajstić information content (AvgIpc) is 2.52. The number of ketones is 1. The van der Waals surface area contributed by atoms with E-state index in [-0.39, 0.29) is 18.0 Å². The quantitative estimate of drug-likeness (QED) is 0.591. The van der Waals surface area contributed by atoms with Gasteiger partial charge in [-0.1, -0.05) is 30.7 Å². The van der Waals surface area contributed by atoms with E-state index in [1.165, 1.54) is 6.92 Å². The first kappa shape index (κ1) is 19.9. The summed E-state index contributed by atoms with van der Waals surface area (Å²) in [4.78, 5) is 11.3. The highest BCUT2D eigenvalue weighted by molar-refractivity contribution is 5.78. The van der Waals surface area contributed by atoms with Crippen LogP contribution in [0.5, 0.6) is 0 Å². The zero-order chi connectivity index (χ0) is 18.1. The van der Waals surface area contributed by atoms with Crippen LogP contribution in [0.1, 0.15) is 46.5 Å². The minimum absolute atomic E-state index is 0.0478. The van der Waals surface area contributed by atoms with Crippen LogP contribution < -0.4 is 0 Å². The van der Waals surface area contributed by atoms with Crippen molar-refractivity contribution in [2.45, 2.75) is 46.5 Å². The number of carbonyl (C=O) groups is 1.